The summed E-state index contributed by atoms with van der Waals surface area (Å²) in [5.41, 5.74) is 0. The Morgan fingerprint density at radius 3 is 2.87 bits per heavy atom. The lowest BCUT2D eigenvalue weighted by molar-refractivity contribution is -0.151. The van der Waals surface area contributed by atoms with Crippen LogP contribution in [0, 0.1) is 5.92 Å². The van der Waals surface area contributed by atoms with Crippen LogP contribution in [0.5, 0.6) is 0 Å². The molecule has 1 aromatic rings. The Morgan fingerprint density at radius 2 is 2.22 bits per heavy atom. The zero-order valence-corrected chi connectivity index (χ0v) is 13.5. The minimum atomic E-state index is -0.345. The van der Waals surface area contributed by atoms with E-state index in [2.05, 4.69) is 0 Å². The SMILES string of the molecule is CCOC(=O)C1CCCN(C(=O)CN(C)C(=O)c2ccco2)C1. The van der Waals surface area contributed by atoms with Crippen molar-refractivity contribution in [2.45, 2.75) is 19.8 Å². The number of piperidine rings is 1. The fourth-order valence-corrected chi connectivity index (χ4v) is 2.62. The van der Waals surface area contributed by atoms with Gasteiger partial charge >= 0.3 is 5.97 Å². The van der Waals surface area contributed by atoms with Gasteiger partial charge in [-0.2, -0.15) is 0 Å². The van der Waals surface area contributed by atoms with Crippen LogP contribution < -0.4 is 0 Å². The van der Waals surface area contributed by atoms with E-state index < -0.39 is 0 Å². The van der Waals surface area contributed by atoms with Crippen molar-refractivity contribution in [3.63, 3.8) is 0 Å². The van der Waals surface area contributed by atoms with Gasteiger partial charge in [-0.15, -0.1) is 0 Å². The van der Waals surface area contributed by atoms with E-state index in [0.717, 1.165) is 12.8 Å². The van der Waals surface area contributed by atoms with Crippen molar-refractivity contribution >= 4 is 17.8 Å². The van der Waals surface area contributed by atoms with Gasteiger partial charge in [0.15, 0.2) is 5.76 Å². The summed E-state index contributed by atoms with van der Waals surface area (Å²) in [4.78, 5) is 39.2. The number of nitrogens with zero attached hydrogens (tertiary/aromatic N) is 2. The monoisotopic (exact) mass is 322 g/mol. The average Bonchev–Trinajstić information content (AvgIpc) is 3.08. The molecule has 0 bridgehead atoms. The summed E-state index contributed by atoms with van der Waals surface area (Å²) in [7, 11) is 1.55. The van der Waals surface area contributed by atoms with Crippen molar-refractivity contribution in [1.82, 2.24) is 9.80 Å². The number of hydrogen-bond acceptors (Lipinski definition) is 5. The van der Waals surface area contributed by atoms with Crippen LogP contribution in [0.2, 0.25) is 0 Å². The molecule has 2 amide bonds. The predicted molar refractivity (Wildman–Crippen MR) is 81.6 cm³/mol. The first kappa shape index (κ1) is 17.1. The molecule has 1 aliphatic heterocycles. The highest BCUT2D eigenvalue weighted by atomic mass is 16.5. The van der Waals surface area contributed by atoms with Crippen LogP contribution in [0.1, 0.15) is 30.3 Å². The van der Waals surface area contributed by atoms with E-state index in [1.165, 1.54) is 11.2 Å². The highest BCUT2D eigenvalue weighted by Crippen LogP contribution is 2.18. The Labute approximate surface area is 135 Å². The summed E-state index contributed by atoms with van der Waals surface area (Å²) >= 11 is 0. The highest BCUT2D eigenvalue weighted by molar-refractivity contribution is 5.94. The molecule has 0 aliphatic carbocycles. The number of furan rings is 1. The van der Waals surface area contributed by atoms with E-state index in [0.29, 0.717) is 19.7 Å². The van der Waals surface area contributed by atoms with Crippen LogP contribution in [-0.2, 0) is 14.3 Å². The summed E-state index contributed by atoms with van der Waals surface area (Å²) in [5.74, 6) is -0.865. The summed E-state index contributed by atoms with van der Waals surface area (Å²) < 4.78 is 10.1. The standard InChI is InChI=1S/C16H22N2O5/c1-3-22-16(21)12-6-4-8-18(10-12)14(19)11-17(2)15(20)13-7-5-9-23-13/h5,7,9,12H,3-4,6,8,10-11H2,1-2H3. The highest BCUT2D eigenvalue weighted by Gasteiger charge is 2.30. The van der Waals surface area contributed by atoms with Crippen molar-refractivity contribution in [2.24, 2.45) is 5.92 Å². The summed E-state index contributed by atoms with van der Waals surface area (Å²) in [6.07, 6.45) is 2.90. The molecule has 1 aromatic heterocycles. The van der Waals surface area contributed by atoms with Crippen molar-refractivity contribution in [1.29, 1.82) is 0 Å². The topological polar surface area (TPSA) is 80.1 Å². The second kappa shape index (κ2) is 7.80. The fraction of sp³-hybridized carbons (Fsp3) is 0.562. The maximum Gasteiger partial charge on any atom is 0.310 e. The normalized spacial score (nSPS) is 17.7. The van der Waals surface area contributed by atoms with Gasteiger partial charge in [0.2, 0.25) is 5.91 Å². The average molecular weight is 322 g/mol. The molecule has 0 spiro atoms. The van der Waals surface area contributed by atoms with Gasteiger partial charge in [-0.3, -0.25) is 14.4 Å². The number of ether oxygens (including phenoxy) is 1. The first-order chi connectivity index (χ1) is 11.0. The lowest BCUT2D eigenvalue weighted by Crippen LogP contribution is -2.47. The third-order valence-electron chi connectivity index (χ3n) is 3.85. The third kappa shape index (κ3) is 4.34. The zero-order chi connectivity index (χ0) is 16.8. The minimum absolute atomic E-state index is 0.0465. The van der Waals surface area contributed by atoms with Gasteiger partial charge in [0.05, 0.1) is 25.3 Å². The molecular weight excluding hydrogens is 300 g/mol. The Bertz CT molecular complexity index is 555. The molecule has 0 saturated carbocycles. The van der Waals surface area contributed by atoms with Crippen LogP contribution in [-0.4, -0.2) is 60.9 Å². The van der Waals surface area contributed by atoms with Gasteiger partial charge in [0.25, 0.3) is 5.91 Å². The smallest absolute Gasteiger partial charge is 0.310 e. The number of rotatable bonds is 5. The van der Waals surface area contributed by atoms with E-state index in [4.69, 9.17) is 9.15 Å². The molecule has 1 saturated heterocycles. The second-order valence-corrected chi connectivity index (χ2v) is 5.57. The van der Waals surface area contributed by atoms with Crippen molar-refractivity contribution in [3.05, 3.63) is 24.2 Å². The zero-order valence-electron chi connectivity index (χ0n) is 13.5. The molecule has 0 aromatic carbocycles. The molecule has 1 unspecified atom stereocenters. The molecule has 2 heterocycles. The summed E-state index contributed by atoms with van der Waals surface area (Å²) in [5, 5.41) is 0. The Morgan fingerprint density at radius 1 is 1.43 bits per heavy atom. The molecule has 23 heavy (non-hydrogen) atoms. The van der Waals surface area contributed by atoms with Gasteiger partial charge < -0.3 is 19.0 Å². The van der Waals surface area contributed by atoms with Crippen molar-refractivity contribution in [2.75, 3.05) is 33.3 Å². The number of hydrogen-bond donors (Lipinski definition) is 0. The molecule has 126 valence electrons. The van der Waals surface area contributed by atoms with Gasteiger partial charge in [-0.1, -0.05) is 0 Å². The predicted octanol–water partition coefficient (Wildman–Crippen LogP) is 1.15. The number of carbonyl (C=O) groups is 3. The lowest BCUT2D eigenvalue weighted by atomic mass is 9.98. The molecule has 0 N–H and O–H groups in total. The number of esters is 1. The largest absolute Gasteiger partial charge is 0.466 e. The molecule has 1 fully saturated rings. The van der Waals surface area contributed by atoms with Gasteiger partial charge in [0.1, 0.15) is 0 Å². The number of likely N-dealkylation sites (tertiary alicyclic amines) is 1. The van der Waals surface area contributed by atoms with Gasteiger partial charge in [-0.25, -0.2) is 0 Å². The second-order valence-electron chi connectivity index (χ2n) is 5.57. The number of likely N-dealkylation sites (N-methyl/N-ethyl adjacent to an activating group) is 1. The molecule has 0 radical (unpaired) electrons. The number of amides is 2. The van der Waals surface area contributed by atoms with E-state index in [1.807, 2.05) is 0 Å². The van der Waals surface area contributed by atoms with Crippen LogP contribution in [0.15, 0.2) is 22.8 Å². The van der Waals surface area contributed by atoms with Gasteiger partial charge in [0, 0.05) is 20.1 Å². The Kier molecular flexibility index (Phi) is 5.78. The molecule has 7 nitrogen and oxygen atoms in total. The van der Waals surface area contributed by atoms with E-state index >= 15 is 0 Å². The van der Waals surface area contributed by atoms with E-state index in [1.54, 1.807) is 31.0 Å². The summed E-state index contributed by atoms with van der Waals surface area (Å²) in [6.45, 7) is 3.00. The molecule has 2 rings (SSSR count). The van der Waals surface area contributed by atoms with Gasteiger partial charge in [-0.05, 0) is 31.9 Å². The molecule has 7 heteroatoms. The molecule has 1 aliphatic rings. The van der Waals surface area contributed by atoms with Crippen LogP contribution >= 0.6 is 0 Å². The Hall–Kier alpha value is -2.31. The molecule has 1 atom stereocenters. The first-order valence-corrected chi connectivity index (χ1v) is 7.76. The Balaban J connectivity index is 1.89. The maximum absolute atomic E-state index is 12.4. The lowest BCUT2D eigenvalue weighted by Gasteiger charge is -2.32. The molecular formula is C16H22N2O5. The first-order valence-electron chi connectivity index (χ1n) is 7.76. The minimum Gasteiger partial charge on any atom is -0.466 e. The van der Waals surface area contributed by atoms with Crippen LogP contribution in [0.4, 0.5) is 0 Å². The van der Waals surface area contributed by atoms with Crippen molar-refractivity contribution in [3.8, 4) is 0 Å². The van der Waals surface area contributed by atoms with Crippen LogP contribution in [0.3, 0.4) is 0 Å². The van der Waals surface area contributed by atoms with E-state index in [9.17, 15) is 14.4 Å². The quantitative estimate of drug-likeness (QED) is 0.760. The van der Waals surface area contributed by atoms with E-state index in [-0.39, 0.29) is 36.0 Å². The summed E-state index contributed by atoms with van der Waals surface area (Å²) in [6, 6.07) is 3.18. The number of carbonyl (C=O) groups excluding carboxylic acids is 3. The fourth-order valence-electron chi connectivity index (χ4n) is 2.62. The van der Waals surface area contributed by atoms with Crippen molar-refractivity contribution < 1.29 is 23.5 Å². The third-order valence-corrected chi connectivity index (χ3v) is 3.85. The maximum atomic E-state index is 12.4. The van der Waals surface area contributed by atoms with Crippen LogP contribution in [0.25, 0.3) is 0 Å².